The van der Waals surface area contributed by atoms with E-state index in [9.17, 15) is 14.4 Å². The second-order valence-corrected chi connectivity index (χ2v) is 5.20. The summed E-state index contributed by atoms with van der Waals surface area (Å²) < 4.78 is 1.18. The largest absolute Gasteiger partial charge is 0.479 e. The molecule has 0 fully saturated rings. The third-order valence-corrected chi connectivity index (χ3v) is 3.61. The standard InChI is InChI=1S/C12H13N3O5S/c16-8(12(19)20)1-3-13-9(17)5-15-6-14-10-7(11(15)18)2-4-21-10/h2,4,6,8,16H,1,3,5H2,(H,13,17)(H,19,20)/t8-/m0/s1. The Bertz CT molecular complexity index is 723. The molecular formula is C12H13N3O5S. The fraction of sp³-hybridized carbons (Fsp3) is 0.333. The van der Waals surface area contributed by atoms with E-state index in [1.54, 1.807) is 11.4 Å². The molecule has 2 rings (SSSR count). The molecule has 0 aromatic carbocycles. The van der Waals surface area contributed by atoms with Gasteiger partial charge in [0, 0.05) is 13.0 Å². The van der Waals surface area contributed by atoms with Crippen molar-refractivity contribution < 1.29 is 19.8 Å². The predicted octanol–water partition coefficient (Wildman–Crippen LogP) is -0.590. The van der Waals surface area contributed by atoms with E-state index in [0.717, 1.165) is 0 Å². The maximum atomic E-state index is 12.0. The first-order valence-electron chi connectivity index (χ1n) is 6.09. The highest BCUT2D eigenvalue weighted by atomic mass is 32.1. The smallest absolute Gasteiger partial charge is 0.332 e. The van der Waals surface area contributed by atoms with Gasteiger partial charge in [-0.05, 0) is 11.4 Å². The molecule has 2 heterocycles. The number of thiophene rings is 1. The van der Waals surface area contributed by atoms with E-state index in [0.29, 0.717) is 10.2 Å². The number of carboxylic acid groups (broad SMARTS) is 1. The third-order valence-electron chi connectivity index (χ3n) is 2.79. The van der Waals surface area contributed by atoms with Gasteiger partial charge in [0.1, 0.15) is 11.4 Å². The lowest BCUT2D eigenvalue weighted by Gasteiger charge is -2.08. The number of carbonyl (C=O) groups is 2. The molecule has 21 heavy (non-hydrogen) atoms. The lowest BCUT2D eigenvalue weighted by molar-refractivity contribution is -0.147. The summed E-state index contributed by atoms with van der Waals surface area (Å²) in [6, 6.07) is 1.65. The van der Waals surface area contributed by atoms with Gasteiger partial charge in [-0.15, -0.1) is 11.3 Å². The van der Waals surface area contributed by atoms with Gasteiger partial charge in [0.05, 0.1) is 11.7 Å². The second kappa shape index (κ2) is 6.46. The maximum Gasteiger partial charge on any atom is 0.332 e. The van der Waals surface area contributed by atoms with Crippen molar-refractivity contribution in [2.75, 3.05) is 6.54 Å². The number of aliphatic hydroxyl groups excluding tert-OH is 1. The molecule has 0 aliphatic carbocycles. The molecule has 8 nitrogen and oxygen atoms in total. The number of amides is 1. The molecular weight excluding hydrogens is 298 g/mol. The SMILES string of the molecule is O=C(Cn1cnc2sccc2c1=O)NCC[C@H](O)C(=O)O. The highest BCUT2D eigenvalue weighted by Gasteiger charge is 2.13. The van der Waals surface area contributed by atoms with Gasteiger partial charge in [0.2, 0.25) is 5.91 Å². The van der Waals surface area contributed by atoms with Crippen molar-refractivity contribution in [2.24, 2.45) is 0 Å². The van der Waals surface area contributed by atoms with E-state index in [2.05, 4.69) is 10.3 Å². The van der Waals surface area contributed by atoms with Crippen molar-refractivity contribution in [3.05, 3.63) is 28.1 Å². The number of rotatable bonds is 6. The van der Waals surface area contributed by atoms with Crippen LogP contribution < -0.4 is 10.9 Å². The minimum absolute atomic E-state index is 0.00910. The third kappa shape index (κ3) is 3.64. The van der Waals surface area contributed by atoms with Crippen LogP contribution in [0.25, 0.3) is 10.2 Å². The number of hydrogen-bond donors (Lipinski definition) is 3. The van der Waals surface area contributed by atoms with Gasteiger partial charge in [-0.25, -0.2) is 9.78 Å². The Morgan fingerprint density at radius 3 is 2.95 bits per heavy atom. The van der Waals surface area contributed by atoms with Gasteiger partial charge in [-0.2, -0.15) is 0 Å². The van der Waals surface area contributed by atoms with E-state index in [1.807, 2.05) is 0 Å². The van der Waals surface area contributed by atoms with Crippen LogP contribution in [-0.4, -0.2) is 44.3 Å². The minimum atomic E-state index is -1.52. The van der Waals surface area contributed by atoms with Gasteiger partial charge in [0.15, 0.2) is 6.10 Å². The lowest BCUT2D eigenvalue weighted by atomic mass is 10.2. The van der Waals surface area contributed by atoms with Crippen LogP contribution in [0.15, 0.2) is 22.6 Å². The first kappa shape index (κ1) is 15.1. The number of nitrogens with one attached hydrogen (secondary N) is 1. The van der Waals surface area contributed by atoms with E-state index < -0.39 is 18.0 Å². The summed E-state index contributed by atoms with van der Waals surface area (Å²) in [5, 5.41) is 22.2. The summed E-state index contributed by atoms with van der Waals surface area (Å²) in [6.45, 7) is -0.198. The van der Waals surface area contributed by atoms with Crippen LogP contribution in [0.1, 0.15) is 6.42 Å². The van der Waals surface area contributed by atoms with Crippen molar-refractivity contribution in [1.29, 1.82) is 0 Å². The van der Waals surface area contributed by atoms with E-state index >= 15 is 0 Å². The van der Waals surface area contributed by atoms with Crippen LogP contribution in [0, 0.1) is 0 Å². The van der Waals surface area contributed by atoms with E-state index in [4.69, 9.17) is 10.2 Å². The molecule has 1 amide bonds. The van der Waals surface area contributed by atoms with Crippen LogP contribution >= 0.6 is 11.3 Å². The average Bonchev–Trinajstić information content (AvgIpc) is 2.91. The molecule has 0 bridgehead atoms. The van der Waals surface area contributed by atoms with Gasteiger partial charge < -0.3 is 15.5 Å². The summed E-state index contributed by atoms with van der Waals surface area (Å²) in [6.07, 6.45) is -0.318. The number of fused-ring (bicyclic) bond motifs is 1. The number of hydrogen-bond acceptors (Lipinski definition) is 6. The Kier molecular flexibility index (Phi) is 4.66. The molecule has 0 spiro atoms. The van der Waals surface area contributed by atoms with Crippen molar-refractivity contribution >= 4 is 33.4 Å². The Hall–Kier alpha value is -2.26. The molecule has 9 heteroatoms. The van der Waals surface area contributed by atoms with E-state index in [-0.39, 0.29) is 25.1 Å². The molecule has 3 N–H and O–H groups in total. The number of carbonyl (C=O) groups excluding carboxylic acids is 1. The zero-order valence-corrected chi connectivity index (χ0v) is 11.7. The normalized spacial score (nSPS) is 12.2. The minimum Gasteiger partial charge on any atom is -0.479 e. The number of aliphatic hydroxyl groups is 1. The molecule has 112 valence electrons. The highest BCUT2D eigenvalue weighted by molar-refractivity contribution is 7.16. The summed E-state index contributed by atoms with van der Waals surface area (Å²) in [7, 11) is 0. The van der Waals surface area contributed by atoms with Crippen molar-refractivity contribution in [1.82, 2.24) is 14.9 Å². The molecule has 1 atom stereocenters. The average molecular weight is 311 g/mol. The number of aliphatic carboxylic acids is 1. The van der Waals surface area contributed by atoms with Crippen molar-refractivity contribution in [3.8, 4) is 0 Å². The van der Waals surface area contributed by atoms with E-state index in [1.165, 1.54) is 22.2 Å². The summed E-state index contributed by atoms with van der Waals surface area (Å²) in [5.74, 6) is -1.79. The molecule has 2 aromatic heterocycles. The number of carboxylic acids is 1. The van der Waals surface area contributed by atoms with Crippen LogP contribution in [0.3, 0.4) is 0 Å². The van der Waals surface area contributed by atoms with Crippen LogP contribution in [0.5, 0.6) is 0 Å². The molecule has 0 unspecified atom stereocenters. The zero-order valence-electron chi connectivity index (χ0n) is 10.9. The Labute approximate surface area is 122 Å². The fourth-order valence-corrected chi connectivity index (χ4v) is 2.41. The summed E-state index contributed by atoms with van der Waals surface area (Å²) >= 11 is 1.34. The Morgan fingerprint density at radius 1 is 1.48 bits per heavy atom. The first-order chi connectivity index (χ1) is 9.99. The highest BCUT2D eigenvalue weighted by Crippen LogP contribution is 2.12. The molecule has 0 radical (unpaired) electrons. The summed E-state index contributed by atoms with van der Waals surface area (Å²) in [5.41, 5.74) is -0.304. The van der Waals surface area contributed by atoms with Crippen molar-refractivity contribution in [3.63, 3.8) is 0 Å². The Morgan fingerprint density at radius 2 is 2.24 bits per heavy atom. The zero-order chi connectivity index (χ0) is 15.4. The molecule has 0 aliphatic rings. The quantitative estimate of drug-likeness (QED) is 0.655. The first-order valence-corrected chi connectivity index (χ1v) is 6.97. The van der Waals surface area contributed by atoms with Gasteiger partial charge >= 0.3 is 5.97 Å². The molecule has 2 aromatic rings. The van der Waals surface area contributed by atoms with Gasteiger partial charge in [-0.3, -0.25) is 14.2 Å². The number of nitrogens with zero attached hydrogens (tertiary/aromatic N) is 2. The maximum absolute atomic E-state index is 12.0. The van der Waals surface area contributed by atoms with Gasteiger partial charge in [-0.1, -0.05) is 0 Å². The van der Waals surface area contributed by atoms with Crippen LogP contribution in [0.2, 0.25) is 0 Å². The molecule has 0 saturated heterocycles. The predicted molar refractivity (Wildman–Crippen MR) is 75.1 cm³/mol. The van der Waals surface area contributed by atoms with Gasteiger partial charge in [0.25, 0.3) is 5.56 Å². The van der Waals surface area contributed by atoms with Crippen LogP contribution in [0.4, 0.5) is 0 Å². The lowest BCUT2D eigenvalue weighted by Crippen LogP contribution is -2.34. The second-order valence-electron chi connectivity index (χ2n) is 4.31. The van der Waals surface area contributed by atoms with Crippen molar-refractivity contribution in [2.45, 2.75) is 19.1 Å². The molecule has 0 aliphatic heterocycles. The Balaban J connectivity index is 1.94. The summed E-state index contributed by atoms with van der Waals surface area (Å²) in [4.78, 5) is 38.8. The molecule has 0 saturated carbocycles. The van der Waals surface area contributed by atoms with Crippen LogP contribution in [-0.2, 0) is 16.1 Å². The topological polar surface area (TPSA) is 122 Å². The number of aromatic nitrogens is 2. The monoisotopic (exact) mass is 311 g/mol. The fourth-order valence-electron chi connectivity index (χ4n) is 1.69.